The van der Waals surface area contributed by atoms with E-state index in [1.165, 1.54) is 4.90 Å². The lowest BCUT2D eigenvalue weighted by Crippen LogP contribution is -2.39. The van der Waals surface area contributed by atoms with Gasteiger partial charge in [-0.05, 0) is 6.07 Å². The van der Waals surface area contributed by atoms with Crippen LogP contribution in [0.2, 0.25) is 0 Å². The predicted molar refractivity (Wildman–Crippen MR) is 94.3 cm³/mol. The minimum absolute atomic E-state index is 0.0484. The van der Waals surface area contributed by atoms with E-state index in [2.05, 4.69) is 10.2 Å². The van der Waals surface area contributed by atoms with Crippen LogP contribution in [0.3, 0.4) is 0 Å². The molecule has 1 aliphatic heterocycles. The molecule has 1 amide bonds. The molecule has 1 fully saturated rings. The number of nitrogens with zero attached hydrogens (tertiary/aromatic N) is 2. The number of para-hydroxylation sites is 1. The van der Waals surface area contributed by atoms with E-state index in [1.54, 1.807) is 33.3 Å². The van der Waals surface area contributed by atoms with Gasteiger partial charge in [0.15, 0.2) is 0 Å². The van der Waals surface area contributed by atoms with Crippen LogP contribution in [-0.2, 0) is 9.53 Å². The molecule has 2 rings (SSSR count). The lowest BCUT2D eigenvalue weighted by Gasteiger charge is -2.27. The second kappa shape index (κ2) is 8.65. The van der Waals surface area contributed by atoms with Gasteiger partial charge in [0.1, 0.15) is 11.5 Å². The third-order valence-corrected chi connectivity index (χ3v) is 3.97. The zero-order valence-corrected chi connectivity index (χ0v) is 14.6. The molecule has 1 saturated heterocycles. The molecule has 24 heavy (non-hydrogen) atoms. The SMILES string of the molecule is COc1cccc(C(=N)C(=O)N(C)C)c1NCCN1CCOCC1. The number of benzene rings is 1. The van der Waals surface area contributed by atoms with Crippen LogP contribution < -0.4 is 10.1 Å². The number of hydrogen-bond acceptors (Lipinski definition) is 6. The molecule has 0 radical (unpaired) electrons. The first-order valence-corrected chi connectivity index (χ1v) is 8.06. The van der Waals surface area contributed by atoms with Crippen LogP contribution in [0.5, 0.6) is 5.75 Å². The largest absolute Gasteiger partial charge is 0.495 e. The Morgan fingerprint density at radius 3 is 2.71 bits per heavy atom. The quantitative estimate of drug-likeness (QED) is 0.724. The van der Waals surface area contributed by atoms with Gasteiger partial charge in [-0.25, -0.2) is 0 Å². The number of anilines is 1. The van der Waals surface area contributed by atoms with Crippen molar-refractivity contribution in [2.24, 2.45) is 0 Å². The lowest BCUT2D eigenvalue weighted by molar-refractivity contribution is -0.121. The Labute approximate surface area is 143 Å². The average Bonchev–Trinajstić information content (AvgIpc) is 2.61. The molecule has 0 aromatic heterocycles. The zero-order valence-electron chi connectivity index (χ0n) is 14.6. The molecule has 0 saturated carbocycles. The Morgan fingerprint density at radius 1 is 1.38 bits per heavy atom. The monoisotopic (exact) mass is 334 g/mol. The maximum absolute atomic E-state index is 12.1. The number of methoxy groups -OCH3 is 1. The summed E-state index contributed by atoms with van der Waals surface area (Å²) in [5.74, 6) is 0.297. The van der Waals surface area contributed by atoms with Crippen LogP contribution in [0, 0.1) is 5.41 Å². The molecular weight excluding hydrogens is 308 g/mol. The van der Waals surface area contributed by atoms with Crippen molar-refractivity contribution in [1.82, 2.24) is 9.80 Å². The van der Waals surface area contributed by atoms with Gasteiger partial charge < -0.3 is 19.7 Å². The number of rotatable bonds is 7. The number of hydrogen-bond donors (Lipinski definition) is 2. The standard InChI is InChI=1S/C17H26N4O3/c1-20(2)17(22)15(18)13-5-4-6-14(23-3)16(13)19-7-8-21-9-11-24-12-10-21/h4-6,18-19H,7-12H2,1-3H3. The van der Waals surface area contributed by atoms with Crippen molar-refractivity contribution in [3.63, 3.8) is 0 Å². The first-order valence-electron chi connectivity index (χ1n) is 8.06. The van der Waals surface area contributed by atoms with Crippen LogP contribution in [0.1, 0.15) is 5.56 Å². The van der Waals surface area contributed by atoms with Crippen LogP contribution in [0.25, 0.3) is 0 Å². The Balaban J connectivity index is 2.11. The smallest absolute Gasteiger partial charge is 0.271 e. The van der Waals surface area contributed by atoms with Crippen molar-refractivity contribution in [2.45, 2.75) is 0 Å². The van der Waals surface area contributed by atoms with E-state index in [0.717, 1.165) is 32.8 Å². The molecular formula is C17H26N4O3. The summed E-state index contributed by atoms with van der Waals surface area (Å²) in [6, 6.07) is 5.39. The average molecular weight is 334 g/mol. The Bertz CT molecular complexity index is 583. The normalized spacial score (nSPS) is 15.0. The number of ether oxygens (including phenoxy) is 2. The predicted octanol–water partition coefficient (Wildman–Crippen LogP) is 0.895. The number of nitrogens with one attached hydrogen (secondary N) is 2. The van der Waals surface area contributed by atoms with Crippen molar-refractivity contribution in [1.29, 1.82) is 5.41 Å². The molecule has 1 aromatic carbocycles. The summed E-state index contributed by atoms with van der Waals surface area (Å²) in [6.07, 6.45) is 0. The summed E-state index contributed by atoms with van der Waals surface area (Å²) in [5.41, 5.74) is 1.19. The second-order valence-electron chi connectivity index (χ2n) is 5.84. The van der Waals surface area contributed by atoms with Gasteiger partial charge in [-0.15, -0.1) is 0 Å². The van der Waals surface area contributed by atoms with Crippen molar-refractivity contribution in [3.8, 4) is 5.75 Å². The molecule has 0 bridgehead atoms. The van der Waals surface area contributed by atoms with Crippen molar-refractivity contribution >= 4 is 17.3 Å². The molecule has 1 aliphatic rings. The van der Waals surface area contributed by atoms with E-state index < -0.39 is 0 Å². The Morgan fingerprint density at radius 2 is 2.08 bits per heavy atom. The highest BCUT2D eigenvalue weighted by atomic mass is 16.5. The van der Waals surface area contributed by atoms with Gasteiger partial charge in [-0.3, -0.25) is 15.1 Å². The molecule has 0 spiro atoms. The molecule has 0 atom stereocenters. The van der Waals surface area contributed by atoms with Crippen molar-refractivity contribution in [2.75, 3.05) is 65.9 Å². The van der Waals surface area contributed by atoms with Gasteiger partial charge >= 0.3 is 0 Å². The number of carbonyl (C=O) groups is 1. The van der Waals surface area contributed by atoms with Crippen LogP contribution in [0.15, 0.2) is 18.2 Å². The molecule has 1 aromatic rings. The number of morpholine rings is 1. The first-order chi connectivity index (χ1) is 11.5. The maximum atomic E-state index is 12.1. The van der Waals surface area contributed by atoms with E-state index in [4.69, 9.17) is 14.9 Å². The lowest BCUT2D eigenvalue weighted by atomic mass is 10.1. The molecule has 0 aliphatic carbocycles. The van der Waals surface area contributed by atoms with Gasteiger partial charge in [-0.1, -0.05) is 12.1 Å². The molecule has 7 heteroatoms. The summed E-state index contributed by atoms with van der Waals surface area (Å²) >= 11 is 0. The molecule has 0 unspecified atom stereocenters. The third kappa shape index (κ3) is 4.46. The fraction of sp³-hybridized carbons (Fsp3) is 0.529. The summed E-state index contributed by atoms with van der Waals surface area (Å²) in [7, 11) is 4.87. The van der Waals surface area contributed by atoms with E-state index in [-0.39, 0.29) is 11.6 Å². The van der Waals surface area contributed by atoms with Crippen LogP contribution in [0.4, 0.5) is 5.69 Å². The summed E-state index contributed by atoms with van der Waals surface area (Å²) < 4.78 is 10.7. The summed E-state index contributed by atoms with van der Waals surface area (Å²) in [5, 5.41) is 11.5. The summed E-state index contributed by atoms with van der Waals surface area (Å²) in [6.45, 7) is 4.96. The van der Waals surface area contributed by atoms with Gasteiger partial charge in [0.2, 0.25) is 0 Å². The first kappa shape index (κ1) is 18.2. The molecule has 2 N–H and O–H groups in total. The minimum Gasteiger partial charge on any atom is -0.495 e. The number of carbonyl (C=O) groups excluding carboxylic acids is 1. The molecule has 7 nitrogen and oxygen atoms in total. The van der Waals surface area contributed by atoms with Crippen LogP contribution in [-0.4, -0.2) is 82.0 Å². The minimum atomic E-state index is -0.334. The topological polar surface area (TPSA) is 77.9 Å². The number of amides is 1. The molecule has 132 valence electrons. The fourth-order valence-electron chi connectivity index (χ4n) is 2.59. The highest BCUT2D eigenvalue weighted by Gasteiger charge is 2.20. The zero-order chi connectivity index (χ0) is 17.5. The number of likely N-dealkylation sites (N-methyl/N-ethyl adjacent to an activating group) is 1. The van der Waals surface area contributed by atoms with E-state index >= 15 is 0 Å². The van der Waals surface area contributed by atoms with E-state index in [0.29, 0.717) is 23.5 Å². The molecule has 1 heterocycles. The van der Waals surface area contributed by atoms with Crippen molar-refractivity contribution in [3.05, 3.63) is 23.8 Å². The van der Waals surface area contributed by atoms with E-state index in [9.17, 15) is 4.79 Å². The van der Waals surface area contributed by atoms with Gasteiger partial charge in [0, 0.05) is 45.8 Å². The highest BCUT2D eigenvalue weighted by Crippen LogP contribution is 2.28. The maximum Gasteiger partial charge on any atom is 0.271 e. The van der Waals surface area contributed by atoms with Gasteiger partial charge in [-0.2, -0.15) is 0 Å². The summed E-state index contributed by atoms with van der Waals surface area (Å²) in [4.78, 5) is 15.9. The third-order valence-electron chi connectivity index (χ3n) is 3.97. The fourth-order valence-corrected chi connectivity index (χ4v) is 2.59. The van der Waals surface area contributed by atoms with Gasteiger partial charge in [0.05, 0.1) is 26.0 Å². The second-order valence-corrected chi connectivity index (χ2v) is 5.84. The Hall–Kier alpha value is -2.12. The Kier molecular flexibility index (Phi) is 6.57. The van der Waals surface area contributed by atoms with Gasteiger partial charge in [0.25, 0.3) is 5.91 Å². The van der Waals surface area contributed by atoms with Crippen LogP contribution >= 0.6 is 0 Å². The highest BCUT2D eigenvalue weighted by molar-refractivity contribution is 6.45. The van der Waals surface area contributed by atoms with Crippen molar-refractivity contribution < 1.29 is 14.3 Å². The van der Waals surface area contributed by atoms with E-state index in [1.807, 2.05) is 6.07 Å².